The average molecular weight is 242 g/mol. The molecule has 1 aliphatic rings. The van der Waals surface area contributed by atoms with Gasteiger partial charge >= 0.3 is 0 Å². The largest absolute Gasteiger partial charge is 0.381 e. The lowest BCUT2D eigenvalue weighted by atomic mass is 10.1. The molecule has 0 saturated carbocycles. The molecule has 88 valence electrons. The number of piperidine rings is 1. The Hall–Kier alpha value is -1.21. The van der Waals surface area contributed by atoms with E-state index in [9.17, 15) is 4.79 Å². The van der Waals surface area contributed by atoms with E-state index in [1.807, 2.05) is 0 Å². The number of anilines is 1. The molecule has 2 N–H and O–H groups in total. The first-order valence-electron chi connectivity index (χ1n) is 5.11. The summed E-state index contributed by atoms with van der Waals surface area (Å²) in [4.78, 5) is 13.7. The fourth-order valence-electron chi connectivity index (χ4n) is 1.75. The second kappa shape index (κ2) is 4.75. The number of likely N-dealkylation sites (tertiary alicyclic amines) is 1. The Morgan fingerprint density at radius 3 is 2.69 bits per heavy atom. The van der Waals surface area contributed by atoms with Crippen LogP contribution in [0.3, 0.4) is 0 Å². The molecule has 6 nitrogen and oxygen atoms in total. The van der Waals surface area contributed by atoms with Gasteiger partial charge in [0, 0.05) is 20.2 Å². The zero-order valence-corrected chi connectivity index (χ0v) is 9.87. The minimum Gasteiger partial charge on any atom is -0.381 e. The molecular formula is C9H14N4O2S. The van der Waals surface area contributed by atoms with Crippen molar-refractivity contribution in [1.29, 1.82) is 0 Å². The number of carbonyl (C=O) groups excluding carboxylic acids is 1. The average Bonchev–Trinajstić information content (AvgIpc) is 2.75. The zero-order valence-electron chi connectivity index (χ0n) is 9.05. The fourth-order valence-corrected chi connectivity index (χ4v) is 2.33. The molecule has 16 heavy (non-hydrogen) atoms. The second-order valence-electron chi connectivity index (χ2n) is 3.67. The van der Waals surface area contributed by atoms with Gasteiger partial charge in [0.25, 0.3) is 5.91 Å². The summed E-state index contributed by atoms with van der Waals surface area (Å²) in [5.41, 5.74) is 5.44. The summed E-state index contributed by atoms with van der Waals surface area (Å²) in [5.74, 6) is -0.0799. The summed E-state index contributed by atoms with van der Waals surface area (Å²) in [6, 6.07) is 0. The van der Waals surface area contributed by atoms with Crippen molar-refractivity contribution in [3.63, 3.8) is 0 Å². The monoisotopic (exact) mass is 242 g/mol. The normalized spacial score (nSPS) is 17.7. The molecule has 1 aromatic heterocycles. The first-order chi connectivity index (χ1) is 7.70. The Morgan fingerprint density at radius 2 is 2.19 bits per heavy atom. The molecule has 0 bridgehead atoms. The van der Waals surface area contributed by atoms with E-state index < -0.39 is 0 Å². The van der Waals surface area contributed by atoms with Gasteiger partial charge in [-0.1, -0.05) is 11.3 Å². The number of aromatic nitrogens is 2. The van der Waals surface area contributed by atoms with E-state index in [-0.39, 0.29) is 12.0 Å². The first-order valence-corrected chi connectivity index (χ1v) is 5.93. The molecule has 0 aromatic carbocycles. The number of amides is 1. The van der Waals surface area contributed by atoms with E-state index in [0.29, 0.717) is 23.2 Å². The summed E-state index contributed by atoms with van der Waals surface area (Å²) in [6.45, 7) is 1.41. The Kier molecular flexibility index (Phi) is 3.35. The summed E-state index contributed by atoms with van der Waals surface area (Å²) in [7, 11) is 1.70. The number of methoxy groups -OCH3 is 1. The smallest absolute Gasteiger partial charge is 0.284 e. The third-order valence-corrected chi connectivity index (χ3v) is 3.43. The molecule has 1 fully saturated rings. The van der Waals surface area contributed by atoms with Gasteiger partial charge in [-0.25, -0.2) is 0 Å². The third kappa shape index (κ3) is 2.30. The van der Waals surface area contributed by atoms with Crippen LogP contribution >= 0.6 is 11.3 Å². The highest BCUT2D eigenvalue weighted by Crippen LogP contribution is 2.18. The van der Waals surface area contributed by atoms with Crippen molar-refractivity contribution in [3.05, 3.63) is 5.01 Å². The van der Waals surface area contributed by atoms with E-state index in [1.165, 1.54) is 0 Å². The van der Waals surface area contributed by atoms with Gasteiger partial charge in [-0.05, 0) is 12.8 Å². The molecule has 1 saturated heterocycles. The molecule has 7 heteroatoms. The first kappa shape index (κ1) is 11.3. The van der Waals surface area contributed by atoms with E-state index in [0.717, 1.165) is 24.2 Å². The van der Waals surface area contributed by atoms with Crippen molar-refractivity contribution >= 4 is 22.4 Å². The highest BCUT2D eigenvalue weighted by Gasteiger charge is 2.25. The highest BCUT2D eigenvalue weighted by atomic mass is 32.1. The van der Waals surface area contributed by atoms with E-state index >= 15 is 0 Å². The molecule has 1 aliphatic heterocycles. The number of nitrogens with two attached hydrogens (primary N) is 1. The van der Waals surface area contributed by atoms with E-state index in [4.69, 9.17) is 10.5 Å². The Bertz CT molecular complexity index is 373. The Balaban J connectivity index is 1.96. The minimum absolute atomic E-state index is 0.0799. The number of nitrogen functional groups attached to an aromatic ring is 1. The molecule has 1 amide bonds. The van der Waals surface area contributed by atoms with Crippen LogP contribution in [0.15, 0.2) is 0 Å². The van der Waals surface area contributed by atoms with Gasteiger partial charge < -0.3 is 15.4 Å². The molecule has 2 heterocycles. The van der Waals surface area contributed by atoms with Crippen LogP contribution in [0.5, 0.6) is 0 Å². The second-order valence-corrected chi connectivity index (χ2v) is 4.68. The number of carbonyl (C=O) groups is 1. The van der Waals surface area contributed by atoms with Crippen molar-refractivity contribution in [2.24, 2.45) is 0 Å². The summed E-state index contributed by atoms with van der Waals surface area (Å²) in [5, 5.41) is 8.09. The summed E-state index contributed by atoms with van der Waals surface area (Å²) in [6.07, 6.45) is 2.01. The van der Waals surface area contributed by atoms with Crippen LogP contribution in [0.1, 0.15) is 22.6 Å². The maximum Gasteiger partial charge on any atom is 0.284 e. The van der Waals surface area contributed by atoms with Crippen molar-refractivity contribution in [2.45, 2.75) is 18.9 Å². The van der Waals surface area contributed by atoms with Crippen molar-refractivity contribution < 1.29 is 9.53 Å². The quantitative estimate of drug-likeness (QED) is 0.810. The predicted molar refractivity (Wildman–Crippen MR) is 60.3 cm³/mol. The minimum atomic E-state index is -0.0799. The number of ether oxygens (including phenoxy) is 1. The van der Waals surface area contributed by atoms with Crippen molar-refractivity contribution in [2.75, 3.05) is 25.9 Å². The predicted octanol–water partition coefficient (Wildman–Crippen LogP) is 0.371. The van der Waals surface area contributed by atoms with Gasteiger partial charge in [-0.3, -0.25) is 4.79 Å². The molecule has 2 rings (SSSR count). The number of rotatable bonds is 2. The topological polar surface area (TPSA) is 81.3 Å². The lowest BCUT2D eigenvalue weighted by Crippen LogP contribution is -2.40. The number of hydrogen-bond acceptors (Lipinski definition) is 6. The van der Waals surface area contributed by atoms with Crippen LogP contribution in [0.4, 0.5) is 5.13 Å². The van der Waals surface area contributed by atoms with Gasteiger partial charge in [0.1, 0.15) is 0 Å². The zero-order chi connectivity index (χ0) is 11.5. The van der Waals surface area contributed by atoms with Crippen LogP contribution in [0, 0.1) is 0 Å². The lowest BCUT2D eigenvalue weighted by molar-refractivity contribution is 0.0350. The Morgan fingerprint density at radius 1 is 1.50 bits per heavy atom. The van der Waals surface area contributed by atoms with Crippen LogP contribution in [-0.2, 0) is 4.74 Å². The summed E-state index contributed by atoms with van der Waals surface area (Å²) >= 11 is 1.13. The van der Waals surface area contributed by atoms with Gasteiger partial charge in [0.15, 0.2) is 0 Å². The van der Waals surface area contributed by atoms with Crippen molar-refractivity contribution in [3.8, 4) is 0 Å². The SMILES string of the molecule is COC1CCN(C(=O)c2nnc(N)s2)CC1. The van der Waals surface area contributed by atoms with E-state index in [2.05, 4.69) is 10.2 Å². The summed E-state index contributed by atoms with van der Waals surface area (Å²) < 4.78 is 5.25. The van der Waals surface area contributed by atoms with Gasteiger partial charge in [-0.15, -0.1) is 10.2 Å². The molecule has 0 atom stereocenters. The maximum absolute atomic E-state index is 11.9. The highest BCUT2D eigenvalue weighted by molar-refractivity contribution is 7.16. The molecule has 1 aromatic rings. The maximum atomic E-state index is 11.9. The molecular weight excluding hydrogens is 228 g/mol. The van der Waals surface area contributed by atoms with Crippen LogP contribution in [-0.4, -0.2) is 47.3 Å². The third-order valence-electron chi connectivity index (χ3n) is 2.69. The van der Waals surface area contributed by atoms with Crippen molar-refractivity contribution in [1.82, 2.24) is 15.1 Å². The van der Waals surface area contributed by atoms with Gasteiger partial charge in [0.05, 0.1) is 6.10 Å². The van der Waals surface area contributed by atoms with Gasteiger partial charge in [0.2, 0.25) is 10.1 Å². The van der Waals surface area contributed by atoms with E-state index in [1.54, 1.807) is 12.0 Å². The van der Waals surface area contributed by atoms with Gasteiger partial charge in [-0.2, -0.15) is 0 Å². The Labute approximate surface area is 97.4 Å². The number of hydrogen-bond donors (Lipinski definition) is 1. The van der Waals surface area contributed by atoms with Crippen LogP contribution in [0.25, 0.3) is 0 Å². The standard InChI is InChI=1S/C9H14N4O2S/c1-15-6-2-4-13(5-3-6)8(14)7-11-12-9(10)16-7/h6H,2-5H2,1H3,(H2,10,12). The molecule has 0 unspecified atom stereocenters. The molecule has 0 radical (unpaired) electrons. The van der Waals surface area contributed by atoms with Crippen LogP contribution in [0.2, 0.25) is 0 Å². The molecule has 0 spiro atoms. The van der Waals surface area contributed by atoms with Crippen LogP contribution < -0.4 is 5.73 Å². The molecule has 0 aliphatic carbocycles. The lowest BCUT2D eigenvalue weighted by Gasteiger charge is -2.30. The number of nitrogens with zero attached hydrogens (tertiary/aromatic N) is 3. The fraction of sp³-hybridized carbons (Fsp3) is 0.667.